The molecule has 0 unspecified atom stereocenters. The molecule has 0 aliphatic heterocycles. The molecular formula is C31H40F2O2. The van der Waals surface area contributed by atoms with E-state index in [4.69, 9.17) is 4.74 Å². The Morgan fingerprint density at radius 3 is 2.06 bits per heavy atom. The summed E-state index contributed by atoms with van der Waals surface area (Å²) >= 11 is 0. The fourth-order valence-corrected chi connectivity index (χ4v) is 6.47. The van der Waals surface area contributed by atoms with Gasteiger partial charge in [-0.2, -0.15) is 0 Å². The highest BCUT2D eigenvalue weighted by molar-refractivity contribution is 5.75. The summed E-state index contributed by atoms with van der Waals surface area (Å²) in [4.78, 5) is 12.7. The van der Waals surface area contributed by atoms with Gasteiger partial charge in [-0.1, -0.05) is 63.4 Å². The fourth-order valence-electron chi connectivity index (χ4n) is 6.47. The molecule has 2 aliphatic rings. The van der Waals surface area contributed by atoms with Crippen LogP contribution in [-0.4, -0.2) is 5.97 Å². The van der Waals surface area contributed by atoms with Crippen molar-refractivity contribution in [3.05, 3.63) is 65.2 Å². The van der Waals surface area contributed by atoms with Gasteiger partial charge in [-0.3, -0.25) is 4.79 Å². The Balaban J connectivity index is 1.21. The standard InChI is InChI=1S/C31H40F2O2/c1-3-7-28-29(32)19-27(20-30(28)33)35-31(34)26-16-14-25(15-17-26)24-12-10-22(11-13-24)18-21(2)23-8-5-4-6-9-23/h4-6,8-9,19-22,24-26H,3,7,10-18H2,1-2H3/t21-,22?,24?,25?,26?/m0/s1. The Bertz CT molecular complexity index is 934. The summed E-state index contributed by atoms with van der Waals surface area (Å²) in [5.74, 6) is 1.09. The van der Waals surface area contributed by atoms with Gasteiger partial charge in [-0.25, -0.2) is 8.78 Å². The summed E-state index contributed by atoms with van der Waals surface area (Å²) in [6.45, 7) is 4.23. The molecule has 0 N–H and O–H groups in total. The van der Waals surface area contributed by atoms with Crippen LogP contribution in [0, 0.1) is 35.3 Å². The number of esters is 1. The van der Waals surface area contributed by atoms with Crippen molar-refractivity contribution >= 4 is 5.97 Å². The van der Waals surface area contributed by atoms with Gasteiger partial charge in [-0.15, -0.1) is 0 Å². The molecule has 0 heterocycles. The predicted molar refractivity (Wildman–Crippen MR) is 136 cm³/mol. The Morgan fingerprint density at radius 1 is 0.914 bits per heavy atom. The Kier molecular flexibility index (Phi) is 8.97. The van der Waals surface area contributed by atoms with E-state index >= 15 is 0 Å². The zero-order valence-corrected chi connectivity index (χ0v) is 21.3. The number of carbonyl (C=O) groups is 1. The minimum atomic E-state index is -0.632. The summed E-state index contributed by atoms with van der Waals surface area (Å²) in [6, 6.07) is 13.1. The number of ether oxygens (including phenoxy) is 1. The molecular weight excluding hydrogens is 442 g/mol. The highest BCUT2D eigenvalue weighted by Crippen LogP contribution is 2.43. The van der Waals surface area contributed by atoms with E-state index in [1.54, 1.807) is 0 Å². The first-order chi connectivity index (χ1) is 16.9. The summed E-state index contributed by atoms with van der Waals surface area (Å²) in [5, 5.41) is 0. The van der Waals surface area contributed by atoms with Gasteiger partial charge in [0.15, 0.2) is 0 Å². The second-order valence-electron chi connectivity index (χ2n) is 11.0. The molecule has 0 aromatic heterocycles. The van der Waals surface area contributed by atoms with Gasteiger partial charge < -0.3 is 4.74 Å². The van der Waals surface area contributed by atoms with Crippen molar-refractivity contribution in [3.8, 4) is 5.75 Å². The number of hydrogen-bond acceptors (Lipinski definition) is 2. The zero-order valence-electron chi connectivity index (χ0n) is 21.3. The third-order valence-corrected chi connectivity index (χ3v) is 8.55. The molecule has 2 aliphatic carbocycles. The highest BCUT2D eigenvalue weighted by atomic mass is 19.1. The van der Waals surface area contributed by atoms with Crippen molar-refractivity contribution < 1.29 is 18.3 Å². The van der Waals surface area contributed by atoms with E-state index in [0.29, 0.717) is 24.7 Å². The molecule has 4 heteroatoms. The van der Waals surface area contributed by atoms with Crippen LogP contribution in [0.3, 0.4) is 0 Å². The second kappa shape index (κ2) is 12.1. The number of halogens is 2. The van der Waals surface area contributed by atoms with E-state index in [1.165, 1.54) is 37.7 Å². The first kappa shape index (κ1) is 25.9. The topological polar surface area (TPSA) is 26.3 Å². The quantitative estimate of drug-likeness (QED) is 0.278. The van der Waals surface area contributed by atoms with Crippen LogP contribution in [-0.2, 0) is 11.2 Å². The molecule has 35 heavy (non-hydrogen) atoms. The van der Waals surface area contributed by atoms with Crippen LogP contribution in [0.4, 0.5) is 8.78 Å². The maximum atomic E-state index is 14.2. The zero-order chi connectivity index (χ0) is 24.8. The van der Waals surface area contributed by atoms with Crippen LogP contribution in [0.5, 0.6) is 5.75 Å². The van der Waals surface area contributed by atoms with Crippen LogP contribution in [0.1, 0.15) is 95.1 Å². The molecule has 190 valence electrons. The largest absolute Gasteiger partial charge is 0.426 e. The SMILES string of the molecule is CCCc1c(F)cc(OC(=O)C2CCC(C3CCC(C[C@H](C)c4ccccc4)CC3)CC2)cc1F. The van der Waals surface area contributed by atoms with Crippen LogP contribution >= 0.6 is 0 Å². The van der Waals surface area contributed by atoms with Gasteiger partial charge in [-0.05, 0) is 80.6 Å². The lowest BCUT2D eigenvalue weighted by Gasteiger charge is -2.38. The van der Waals surface area contributed by atoms with Crippen molar-refractivity contribution in [1.82, 2.24) is 0 Å². The molecule has 4 rings (SSSR count). The smallest absolute Gasteiger partial charge is 0.314 e. The summed E-state index contributed by atoms with van der Waals surface area (Å²) in [6.07, 6.45) is 11.2. The Labute approximate surface area is 209 Å². The average Bonchev–Trinajstić information content (AvgIpc) is 2.87. The normalized spacial score (nSPS) is 25.7. The molecule has 1 atom stereocenters. The van der Waals surface area contributed by atoms with Gasteiger partial charge in [0.05, 0.1) is 5.92 Å². The summed E-state index contributed by atoms with van der Waals surface area (Å²) < 4.78 is 33.8. The van der Waals surface area contributed by atoms with Gasteiger partial charge in [0.25, 0.3) is 0 Å². The molecule has 0 bridgehead atoms. The molecule has 0 radical (unpaired) electrons. The molecule has 0 amide bonds. The highest BCUT2D eigenvalue weighted by Gasteiger charge is 2.34. The average molecular weight is 483 g/mol. The van der Waals surface area contributed by atoms with E-state index in [0.717, 1.165) is 49.7 Å². The molecule has 2 nitrogen and oxygen atoms in total. The number of benzene rings is 2. The molecule has 2 aromatic carbocycles. The van der Waals surface area contributed by atoms with E-state index in [1.807, 2.05) is 6.92 Å². The van der Waals surface area contributed by atoms with Crippen LogP contribution in [0.15, 0.2) is 42.5 Å². The van der Waals surface area contributed by atoms with Crippen molar-refractivity contribution in [2.24, 2.45) is 23.7 Å². The lowest BCUT2D eigenvalue weighted by Crippen LogP contribution is -2.30. The van der Waals surface area contributed by atoms with E-state index in [-0.39, 0.29) is 23.2 Å². The molecule has 2 aromatic rings. The third-order valence-electron chi connectivity index (χ3n) is 8.55. The van der Waals surface area contributed by atoms with Crippen molar-refractivity contribution in [1.29, 1.82) is 0 Å². The molecule has 0 saturated heterocycles. The van der Waals surface area contributed by atoms with Crippen LogP contribution in [0.2, 0.25) is 0 Å². The Morgan fingerprint density at radius 2 is 1.49 bits per heavy atom. The first-order valence-electron chi connectivity index (χ1n) is 13.7. The maximum Gasteiger partial charge on any atom is 0.314 e. The monoisotopic (exact) mass is 482 g/mol. The second-order valence-corrected chi connectivity index (χ2v) is 11.0. The van der Waals surface area contributed by atoms with Crippen molar-refractivity contribution in [3.63, 3.8) is 0 Å². The lowest BCUT2D eigenvalue weighted by molar-refractivity contribution is -0.140. The minimum Gasteiger partial charge on any atom is -0.426 e. The Hall–Kier alpha value is -2.23. The van der Waals surface area contributed by atoms with E-state index < -0.39 is 11.6 Å². The molecule has 2 fully saturated rings. The van der Waals surface area contributed by atoms with Gasteiger partial charge in [0, 0.05) is 17.7 Å². The predicted octanol–water partition coefficient (Wildman–Crippen LogP) is 8.63. The third kappa shape index (κ3) is 6.71. The van der Waals surface area contributed by atoms with Gasteiger partial charge in [0.1, 0.15) is 17.4 Å². The number of rotatable bonds is 8. The van der Waals surface area contributed by atoms with Gasteiger partial charge in [0.2, 0.25) is 0 Å². The van der Waals surface area contributed by atoms with E-state index in [2.05, 4.69) is 37.3 Å². The lowest BCUT2D eigenvalue weighted by atomic mass is 9.68. The maximum absolute atomic E-state index is 14.2. The fraction of sp³-hybridized carbons (Fsp3) is 0.581. The van der Waals surface area contributed by atoms with Crippen molar-refractivity contribution in [2.45, 2.75) is 90.4 Å². The minimum absolute atomic E-state index is 0.0185. The molecule has 2 saturated carbocycles. The van der Waals surface area contributed by atoms with Crippen molar-refractivity contribution in [2.75, 3.05) is 0 Å². The summed E-state index contributed by atoms with van der Waals surface area (Å²) in [5.41, 5.74) is 1.51. The van der Waals surface area contributed by atoms with Crippen LogP contribution in [0.25, 0.3) is 0 Å². The summed E-state index contributed by atoms with van der Waals surface area (Å²) in [7, 11) is 0. The van der Waals surface area contributed by atoms with Gasteiger partial charge >= 0.3 is 5.97 Å². The number of hydrogen-bond donors (Lipinski definition) is 0. The molecule has 0 spiro atoms. The van der Waals surface area contributed by atoms with E-state index in [9.17, 15) is 13.6 Å². The van der Waals surface area contributed by atoms with Crippen LogP contribution < -0.4 is 4.74 Å². The first-order valence-corrected chi connectivity index (χ1v) is 13.7. The number of carbonyl (C=O) groups excluding carboxylic acids is 1.